The molecule has 7 heteroatoms. The maximum absolute atomic E-state index is 12.9. The lowest BCUT2D eigenvalue weighted by Crippen LogP contribution is -2.22. The molecule has 0 unspecified atom stereocenters. The Labute approximate surface area is 152 Å². The average molecular weight is 377 g/mol. The lowest BCUT2D eigenvalue weighted by Gasteiger charge is -2.05. The minimum Gasteiger partial charge on any atom is -0.266 e. The van der Waals surface area contributed by atoms with Crippen LogP contribution < -0.4 is 0 Å². The maximum Gasteiger partial charge on any atom is 0.286 e. The minimum atomic E-state index is -0.330. The molecule has 1 heterocycles. The molecule has 0 aromatic heterocycles. The molecule has 0 saturated carbocycles. The van der Waals surface area contributed by atoms with E-state index in [9.17, 15) is 9.18 Å². The number of benzene rings is 2. The summed E-state index contributed by atoms with van der Waals surface area (Å²) in [7, 11) is 0. The van der Waals surface area contributed by atoms with Gasteiger partial charge in [-0.2, -0.15) is 10.1 Å². The first-order valence-electron chi connectivity index (χ1n) is 6.86. The van der Waals surface area contributed by atoms with Crippen molar-refractivity contribution in [3.05, 3.63) is 75.4 Å². The summed E-state index contributed by atoms with van der Waals surface area (Å²) < 4.78 is 13.2. The predicted molar refractivity (Wildman–Crippen MR) is 100 cm³/mol. The van der Waals surface area contributed by atoms with Gasteiger partial charge in [0.05, 0.1) is 11.1 Å². The quantitative estimate of drug-likeness (QED) is 0.441. The van der Waals surface area contributed by atoms with E-state index in [4.69, 9.17) is 23.8 Å². The number of hydrogen-bond acceptors (Lipinski definition) is 4. The van der Waals surface area contributed by atoms with Crippen LogP contribution in [0.1, 0.15) is 11.1 Å². The molecule has 0 radical (unpaired) electrons. The fourth-order valence-electron chi connectivity index (χ4n) is 1.94. The van der Waals surface area contributed by atoms with Crippen molar-refractivity contribution in [2.24, 2.45) is 5.10 Å². The van der Waals surface area contributed by atoms with E-state index < -0.39 is 0 Å². The Morgan fingerprint density at radius 2 is 1.71 bits per heavy atom. The van der Waals surface area contributed by atoms with Gasteiger partial charge in [0.25, 0.3) is 5.91 Å². The second-order valence-corrected chi connectivity index (χ2v) is 6.95. The number of hydrazone groups is 1. The van der Waals surface area contributed by atoms with E-state index in [0.29, 0.717) is 19.8 Å². The number of thiocarbonyl (C=S) groups is 1. The molecule has 1 aliphatic heterocycles. The molecule has 1 aliphatic rings. The normalized spacial score (nSPS) is 16.6. The first-order chi connectivity index (χ1) is 11.5. The summed E-state index contributed by atoms with van der Waals surface area (Å²) in [5.74, 6) is -0.623. The van der Waals surface area contributed by atoms with Crippen molar-refractivity contribution in [1.29, 1.82) is 0 Å². The molecule has 0 spiro atoms. The van der Waals surface area contributed by atoms with E-state index in [2.05, 4.69) is 5.10 Å². The Morgan fingerprint density at radius 1 is 1.08 bits per heavy atom. The van der Waals surface area contributed by atoms with Gasteiger partial charge in [-0.15, -0.1) is 0 Å². The van der Waals surface area contributed by atoms with Gasteiger partial charge in [-0.25, -0.2) is 4.39 Å². The van der Waals surface area contributed by atoms with Crippen LogP contribution in [-0.4, -0.2) is 21.5 Å². The zero-order valence-electron chi connectivity index (χ0n) is 12.1. The molecule has 0 aliphatic carbocycles. The van der Waals surface area contributed by atoms with E-state index in [-0.39, 0.29) is 11.7 Å². The van der Waals surface area contributed by atoms with Crippen LogP contribution in [0.25, 0.3) is 6.08 Å². The van der Waals surface area contributed by atoms with E-state index in [1.165, 1.54) is 30.1 Å². The number of amides is 1. The van der Waals surface area contributed by atoms with Crippen LogP contribution in [0, 0.1) is 5.82 Å². The van der Waals surface area contributed by atoms with E-state index >= 15 is 0 Å². The Morgan fingerprint density at radius 3 is 2.38 bits per heavy atom. The Kier molecular flexibility index (Phi) is 5.08. The van der Waals surface area contributed by atoms with Gasteiger partial charge in [-0.1, -0.05) is 47.6 Å². The fourth-order valence-corrected chi connectivity index (χ4v) is 3.24. The average Bonchev–Trinajstić information content (AvgIpc) is 2.83. The van der Waals surface area contributed by atoms with Gasteiger partial charge >= 0.3 is 0 Å². The van der Waals surface area contributed by atoms with Crippen molar-refractivity contribution in [2.45, 2.75) is 0 Å². The second kappa shape index (κ2) is 7.25. The summed E-state index contributed by atoms with van der Waals surface area (Å²) in [5, 5.41) is 5.89. The van der Waals surface area contributed by atoms with Gasteiger partial charge in [-0.05, 0) is 53.7 Å². The van der Waals surface area contributed by atoms with Gasteiger partial charge in [0.1, 0.15) is 5.82 Å². The highest BCUT2D eigenvalue weighted by Gasteiger charge is 2.31. The summed E-state index contributed by atoms with van der Waals surface area (Å²) in [5.41, 5.74) is 1.52. The molecule has 1 saturated heterocycles. The minimum absolute atomic E-state index is 0.293. The van der Waals surface area contributed by atoms with Gasteiger partial charge in [-0.3, -0.25) is 4.79 Å². The fraction of sp³-hybridized carbons (Fsp3) is 0. The second-order valence-electron chi connectivity index (χ2n) is 4.84. The molecule has 1 fully saturated rings. The van der Waals surface area contributed by atoms with Crippen molar-refractivity contribution in [3.63, 3.8) is 0 Å². The van der Waals surface area contributed by atoms with Crippen LogP contribution in [0.2, 0.25) is 5.02 Å². The van der Waals surface area contributed by atoms with Gasteiger partial charge in [0.15, 0.2) is 4.32 Å². The van der Waals surface area contributed by atoms with Crippen LogP contribution in [0.3, 0.4) is 0 Å². The molecule has 3 rings (SSSR count). The molecule has 0 N–H and O–H groups in total. The lowest BCUT2D eigenvalue weighted by molar-refractivity contribution is -0.122. The van der Waals surface area contributed by atoms with Crippen LogP contribution >= 0.6 is 35.6 Å². The van der Waals surface area contributed by atoms with Gasteiger partial charge in [0.2, 0.25) is 0 Å². The van der Waals surface area contributed by atoms with E-state index in [0.717, 1.165) is 10.6 Å². The topological polar surface area (TPSA) is 32.7 Å². The first kappa shape index (κ1) is 16.8. The Hall–Kier alpha value is -2.02. The summed E-state index contributed by atoms with van der Waals surface area (Å²) >= 11 is 12.2. The van der Waals surface area contributed by atoms with Crippen molar-refractivity contribution in [3.8, 4) is 0 Å². The van der Waals surface area contributed by atoms with Crippen LogP contribution in [0.15, 0.2) is 58.5 Å². The number of carbonyl (C=O) groups is 1. The largest absolute Gasteiger partial charge is 0.286 e. The molecule has 2 aromatic carbocycles. The molecule has 3 nitrogen and oxygen atoms in total. The predicted octanol–water partition coefficient (Wildman–Crippen LogP) is 4.71. The monoisotopic (exact) mass is 376 g/mol. The van der Waals surface area contributed by atoms with Crippen molar-refractivity contribution in [1.82, 2.24) is 5.01 Å². The van der Waals surface area contributed by atoms with E-state index in [1.807, 2.05) is 12.1 Å². The van der Waals surface area contributed by atoms with E-state index in [1.54, 1.807) is 30.3 Å². The summed E-state index contributed by atoms with van der Waals surface area (Å²) in [6.45, 7) is 0. The highest BCUT2D eigenvalue weighted by Crippen LogP contribution is 2.32. The SMILES string of the molecule is O=C1/C(=C\c2ccc(Cl)cc2)SC(=S)N1/N=C/c1ccc(F)cc1. The van der Waals surface area contributed by atoms with Crippen molar-refractivity contribution < 1.29 is 9.18 Å². The molecule has 1 amide bonds. The van der Waals surface area contributed by atoms with Gasteiger partial charge in [0, 0.05) is 5.02 Å². The van der Waals surface area contributed by atoms with Crippen molar-refractivity contribution >= 4 is 58.1 Å². The highest BCUT2D eigenvalue weighted by atomic mass is 35.5. The molecule has 0 atom stereocenters. The highest BCUT2D eigenvalue weighted by molar-refractivity contribution is 8.26. The summed E-state index contributed by atoms with van der Waals surface area (Å²) in [6.07, 6.45) is 3.21. The third-order valence-corrected chi connectivity index (χ3v) is 4.67. The molecule has 24 heavy (non-hydrogen) atoms. The zero-order chi connectivity index (χ0) is 17.1. The molecular formula is C17H10ClFN2OS2. The number of hydrogen-bond donors (Lipinski definition) is 0. The third kappa shape index (κ3) is 3.90. The molecule has 2 aromatic rings. The number of nitrogens with zero attached hydrogens (tertiary/aromatic N) is 2. The Balaban J connectivity index is 1.78. The Bertz CT molecular complexity index is 848. The molecule has 0 bridgehead atoms. The van der Waals surface area contributed by atoms with Crippen LogP contribution in [0.4, 0.5) is 4.39 Å². The van der Waals surface area contributed by atoms with Crippen LogP contribution in [-0.2, 0) is 4.79 Å². The number of halogens is 2. The number of rotatable bonds is 3. The number of carbonyl (C=O) groups excluding carboxylic acids is 1. The number of thioether (sulfide) groups is 1. The van der Waals surface area contributed by atoms with Crippen LogP contribution in [0.5, 0.6) is 0 Å². The standard InChI is InChI=1S/C17H10ClFN2OS2/c18-13-5-1-11(2-6-13)9-15-16(22)21(17(23)24-15)20-10-12-3-7-14(19)8-4-12/h1-10H/b15-9+,20-10+. The zero-order valence-corrected chi connectivity index (χ0v) is 14.5. The smallest absolute Gasteiger partial charge is 0.266 e. The van der Waals surface area contributed by atoms with Crippen molar-refractivity contribution in [2.75, 3.05) is 0 Å². The first-order valence-corrected chi connectivity index (χ1v) is 8.46. The summed E-state index contributed by atoms with van der Waals surface area (Å²) in [4.78, 5) is 12.9. The summed E-state index contributed by atoms with van der Waals surface area (Å²) in [6, 6.07) is 12.9. The maximum atomic E-state index is 12.9. The molecular weight excluding hydrogens is 367 g/mol. The molecule has 120 valence electrons. The lowest BCUT2D eigenvalue weighted by atomic mass is 10.2. The van der Waals surface area contributed by atoms with Gasteiger partial charge < -0.3 is 0 Å². The third-order valence-electron chi connectivity index (χ3n) is 3.13.